The largest absolute Gasteiger partial charge is 0.368 e. The van der Waals surface area contributed by atoms with E-state index in [4.69, 9.17) is 0 Å². The summed E-state index contributed by atoms with van der Waals surface area (Å²) in [6.07, 6.45) is 0. The molecule has 0 unspecified atom stereocenters. The summed E-state index contributed by atoms with van der Waals surface area (Å²) in [6, 6.07) is 12.9. The topological polar surface area (TPSA) is 28.2 Å². The van der Waals surface area contributed by atoms with Gasteiger partial charge in [-0.15, -0.1) is 0 Å². The van der Waals surface area contributed by atoms with Crippen molar-refractivity contribution in [3.8, 4) is 0 Å². The number of aromatic nitrogens is 1. The van der Waals surface area contributed by atoms with E-state index in [2.05, 4.69) is 61.3 Å². The molecule has 3 nitrogen and oxygen atoms in total. The maximum absolute atomic E-state index is 4.64. The SMILES string of the molecule is CC(C)[C@@H](CNc1ccc2ccccc2n1)N(C)C. The van der Waals surface area contributed by atoms with E-state index in [0.717, 1.165) is 17.9 Å². The van der Waals surface area contributed by atoms with Gasteiger partial charge in [-0.05, 0) is 38.2 Å². The van der Waals surface area contributed by atoms with Crippen LogP contribution in [0.1, 0.15) is 13.8 Å². The summed E-state index contributed by atoms with van der Waals surface area (Å²) in [5.74, 6) is 1.56. The van der Waals surface area contributed by atoms with Crippen LogP contribution in [-0.2, 0) is 0 Å². The predicted molar refractivity (Wildman–Crippen MR) is 82.5 cm³/mol. The zero-order valence-corrected chi connectivity index (χ0v) is 12.2. The van der Waals surface area contributed by atoms with Crippen molar-refractivity contribution < 1.29 is 0 Å². The van der Waals surface area contributed by atoms with Gasteiger partial charge >= 0.3 is 0 Å². The van der Waals surface area contributed by atoms with Gasteiger partial charge in [-0.2, -0.15) is 0 Å². The molecule has 0 aliphatic rings. The maximum atomic E-state index is 4.64. The minimum absolute atomic E-state index is 0.508. The van der Waals surface area contributed by atoms with Crippen molar-refractivity contribution in [3.05, 3.63) is 36.4 Å². The number of fused-ring (bicyclic) bond motifs is 1. The number of pyridine rings is 1. The smallest absolute Gasteiger partial charge is 0.126 e. The Morgan fingerprint density at radius 2 is 1.84 bits per heavy atom. The van der Waals surface area contributed by atoms with Crippen LogP contribution in [0.3, 0.4) is 0 Å². The molecule has 102 valence electrons. The molecule has 0 aliphatic carbocycles. The molecule has 0 amide bonds. The summed E-state index contributed by atoms with van der Waals surface area (Å²) in [4.78, 5) is 6.90. The molecule has 2 rings (SSSR count). The quantitative estimate of drug-likeness (QED) is 0.891. The number of likely N-dealkylation sites (N-methyl/N-ethyl adjacent to an activating group) is 1. The number of hydrogen-bond donors (Lipinski definition) is 1. The summed E-state index contributed by atoms with van der Waals surface area (Å²) in [5, 5.41) is 4.63. The molecule has 3 heteroatoms. The number of nitrogens with zero attached hydrogens (tertiary/aromatic N) is 2. The fourth-order valence-corrected chi connectivity index (χ4v) is 2.39. The molecular weight excluding hydrogens is 234 g/mol. The third kappa shape index (κ3) is 3.44. The molecule has 1 N–H and O–H groups in total. The third-order valence-corrected chi connectivity index (χ3v) is 3.52. The summed E-state index contributed by atoms with van der Waals surface area (Å²) in [6.45, 7) is 5.41. The van der Waals surface area contributed by atoms with Crippen LogP contribution < -0.4 is 5.32 Å². The van der Waals surface area contributed by atoms with Crippen LogP contribution in [0.15, 0.2) is 36.4 Å². The van der Waals surface area contributed by atoms with Gasteiger partial charge in [-0.3, -0.25) is 0 Å². The van der Waals surface area contributed by atoms with E-state index < -0.39 is 0 Å². The van der Waals surface area contributed by atoms with Crippen LogP contribution in [0.5, 0.6) is 0 Å². The molecule has 0 radical (unpaired) electrons. The van der Waals surface area contributed by atoms with E-state index in [1.807, 2.05) is 18.2 Å². The lowest BCUT2D eigenvalue weighted by Crippen LogP contribution is -2.38. The second-order valence-electron chi connectivity index (χ2n) is 5.55. The molecule has 0 saturated heterocycles. The average molecular weight is 257 g/mol. The highest BCUT2D eigenvalue weighted by molar-refractivity contribution is 5.80. The monoisotopic (exact) mass is 257 g/mol. The Morgan fingerprint density at radius 1 is 1.11 bits per heavy atom. The fraction of sp³-hybridized carbons (Fsp3) is 0.438. The van der Waals surface area contributed by atoms with Crippen LogP contribution in [0, 0.1) is 5.92 Å². The van der Waals surface area contributed by atoms with Crippen molar-refractivity contribution in [1.29, 1.82) is 0 Å². The summed E-state index contributed by atoms with van der Waals surface area (Å²) < 4.78 is 0. The summed E-state index contributed by atoms with van der Waals surface area (Å²) in [7, 11) is 4.25. The van der Waals surface area contributed by atoms with Gasteiger partial charge in [0.15, 0.2) is 0 Å². The molecule has 1 heterocycles. The molecule has 0 fully saturated rings. The number of rotatable bonds is 5. The Hall–Kier alpha value is -1.61. The highest BCUT2D eigenvalue weighted by Gasteiger charge is 2.15. The van der Waals surface area contributed by atoms with Gasteiger partial charge in [0.05, 0.1) is 5.52 Å². The van der Waals surface area contributed by atoms with E-state index in [-0.39, 0.29) is 0 Å². The number of hydrogen-bond acceptors (Lipinski definition) is 3. The Labute approximate surface area is 115 Å². The minimum Gasteiger partial charge on any atom is -0.368 e. The van der Waals surface area contributed by atoms with Crippen LogP contribution in [0.4, 0.5) is 5.82 Å². The van der Waals surface area contributed by atoms with Crippen LogP contribution in [0.25, 0.3) is 10.9 Å². The lowest BCUT2D eigenvalue weighted by Gasteiger charge is -2.28. The lowest BCUT2D eigenvalue weighted by atomic mass is 10.0. The summed E-state index contributed by atoms with van der Waals surface area (Å²) in [5.41, 5.74) is 1.04. The van der Waals surface area contributed by atoms with E-state index >= 15 is 0 Å². The normalized spacial score (nSPS) is 13.2. The van der Waals surface area contributed by atoms with Crippen molar-refractivity contribution in [2.45, 2.75) is 19.9 Å². The molecule has 0 bridgehead atoms. The van der Waals surface area contributed by atoms with Crippen LogP contribution >= 0.6 is 0 Å². The maximum Gasteiger partial charge on any atom is 0.126 e. The van der Waals surface area contributed by atoms with Gasteiger partial charge in [0.25, 0.3) is 0 Å². The van der Waals surface area contributed by atoms with Crippen molar-refractivity contribution in [1.82, 2.24) is 9.88 Å². The van der Waals surface area contributed by atoms with Crippen molar-refractivity contribution >= 4 is 16.7 Å². The van der Waals surface area contributed by atoms with Gasteiger partial charge in [0.1, 0.15) is 5.82 Å². The molecule has 1 aromatic heterocycles. The standard InChI is InChI=1S/C16H23N3/c1-12(2)15(19(3)4)11-17-16-10-9-13-7-5-6-8-14(13)18-16/h5-10,12,15H,11H2,1-4H3,(H,17,18)/t15-/m1/s1. The Bertz CT molecular complexity index is 526. The first-order valence-electron chi connectivity index (χ1n) is 6.84. The Morgan fingerprint density at radius 3 is 2.53 bits per heavy atom. The molecular formula is C16H23N3. The molecule has 0 saturated carbocycles. The number of benzene rings is 1. The predicted octanol–water partition coefficient (Wildman–Crippen LogP) is 3.23. The Balaban J connectivity index is 2.09. The zero-order chi connectivity index (χ0) is 13.8. The molecule has 2 aromatic rings. The molecule has 0 aliphatic heterocycles. The molecule has 1 atom stereocenters. The second-order valence-corrected chi connectivity index (χ2v) is 5.55. The zero-order valence-electron chi connectivity index (χ0n) is 12.2. The Kier molecular flexibility index (Phi) is 4.38. The third-order valence-electron chi connectivity index (χ3n) is 3.52. The van der Waals surface area contributed by atoms with Crippen molar-refractivity contribution in [3.63, 3.8) is 0 Å². The van der Waals surface area contributed by atoms with E-state index in [1.165, 1.54) is 5.39 Å². The lowest BCUT2D eigenvalue weighted by molar-refractivity contribution is 0.243. The van der Waals surface area contributed by atoms with Crippen LogP contribution in [0.2, 0.25) is 0 Å². The minimum atomic E-state index is 0.508. The molecule has 1 aromatic carbocycles. The van der Waals surface area contributed by atoms with Gasteiger partial charge in [0, 0.05) is 18.0 Å². The highest BCUT2D eigenvalue weighted by Crippen LogP contribution is 2.15. The first-order chi connectivity index (χ1) is 9.08. The van der Waals surface area contributed by atoms with Crippen molar-refractivity contribution in [2.75, 3.05) is 26.0 Å². The first kappa shape index (κ1) is 13.8. The second kappa shape index (κ2) is 6.02. The van der Waals surface area contributed by atoms with Gasteiger partial charge in [-0.1, -0.05) is 32.0 Å². The average Bonchev–Trinajstić information content (AvgIpc) is 2.38. The number of para-hydroxylation sites is 1. The van der Waals surface area contributed by atoms with Crippen molar-refractivity contribution in [2.24, 2.45) is 5.92 Å². The highest BCUT2D eigenvalue weighted by atomic mass is 15.1. The fourth-order valence-electron chi connectivity index (χ4n) is 2.39. The van der Waals surface area contributed by atoms with E-state index in [9.17, 15) is 0 Å². The van der Waals surface area contributed by atoms with Crippen LogP contribution in [-0.4, -0.2) is 36.6 Å². The van der Waals surface area contributed by atoms with Gasteiger partial charge < -0.3 is 10.2 Å². The van der Waals surface area contributed by atoms with E-state index in [0.29, 0.717) is 12.0 Å². The summed E-state index contributed by atoms with van der Waals surface area (Å²) >= 11 is 0. The number of nitrogens with one attached hydrogen (secondary N) is 1. The number of anilines is 1. The van der Waals surface area contributed by atoms with E-state index in [1.54, 1.807) is 0 Å². The van der Waals surface area contributed by atoms with Gasteiger partial charge in [-0.25, -0.2) is 4.98 Å². The molecule has 19 heavy (non-hydrogen) atoms. The van der Waals surface area contributed by atoms with Gasteiger partial charge in [0.2, 0.25) is 0 Å². The molecule has 0 spiro atoms. The first-order valence-corrected chi connectivity index (χ1v) is 6.84.